The first kappa shape index (κ1) is 18.0. The van der Waals surface area contributed by atoms with Crippen molar-refractivity contribution in [1.29, 1.82) is 0 Å². The molecule has 0 fully saturated rings. The van der Waals surface area contributed by atoms with Gasteiger partial charge in [-0.3, -0.25) is 5.32 Å². The lowest BCUT2D eigenvalue weighted by atomic mass is 10.1. The molecule has 0 saturated carbocycles. The maximum absolute atomic E-state index is 13.7. The minimum Gasteiger partial charge on any atom is -0.494 e. The Bertz CT molecular complexity index is 688. The van der Waals surface area contributed by atoms with Gasteiger partial charge >= 0.3 is 6.18 Å². The molecule has 1 aromatic carbocycles. The van der Waals surface area contributed by atoms with Crippen molar-refractivity contribution < 1.29 is 26.8 Å². The quantitative estimate of drug-likeness (QED) is 0.810. The summed E-state index contributed by atoms with van der Waals surface area (Å²) >= 11 is 0. The Morgan fingerprint density at radius 3 is 2.54 bits per heavy atom. The summed E-state index contributed by atoms with van der Waals surface area (Å²) < 4.78 is 63.0. The number of nitrogens with zero attached hydrogens (tertiary/aromatic N) is 3. The Morgan fingerprint density at radius 2 is 2.04 bits per heavy atom. The number of methoxy groups -OCH3 is 1. The second kappa shape index (κ2) is 7.04. The van der Waals surface area contributed by atoms with E-state index in [0.29, 0.717) is 0 Å². The fourth-order valence-corrected chi connectivity index (χ4v) is 1.97. The Hall–Kier alpha value is -2.36. The van der Waals surface area contributed by atoms with Crippen LogP contribution in [0.15, 0.2) is 22.7 Å². The SMILES string of the molecule is COc1ccc([C@@H](NCc2nc(N(C)C)no2)C(F)(F)F)cc1F. The maximum atomic E-state index is 13.7. The number of ether oxygens (including phenoxy) is 1. The summed E-state index contributed by atoms with van der Waals surface area (Å²) in [6.45, 7) is -0.321. The molecule has 0 aliphatic rings. The lowest BCUT2D eigenvalue weighted by Crippen LogP contribution is -2.34. The summed E-state index contributed by atoms with van der Waals surface area (Å²) in [5, 5.41) is 5.87. The van der Waals surface area contributed by atoms with Crippen molar-refractivity contribution in [3.8, 4) is 5.75 Å². The number of benzene rings is 1. The van der Waals surface area contributed by atoms with Gasteiger partial charge in [0, 0.05) is 14.1 Å². The highest BCUT2D eigenvalue weighted by Crippen LogP contribution is 2.34. The number of halogens is 4. The van der Waals surface area contributed by atoms with Gasteiger partial charge in [0.25, 0.3) is 5.95 Å². The topological polar surface area (TPSA) is 63.4 Å². The molecule has 132 valence electrons. The minimum absolute atomic E-state index is 0.0121. The molecular formula is C14H16F4N4O2. The Morgan fingerprint density at radius 1 is 1.33 bits per heavy atom. The van der Waals surface area contributed by atoms with Crippen LogP contribution < -0.4 is 15.0 Å². The van der Waals surface area contributed by atoms with Crippen LogP contribution >= 0.6 is 0 Å². The number of hydrogen-bond donors (Lipinski definition) is 1. The fraction of sp³-hybridized carbons (Fsp3) is 0.429. The highest BCUT2D eigenvalue weighted by atomic mass is 19.4. The summed E-state index contributed by atoms with van der Waals surface area (Å²) in [4.78, 5) is 5.48. The van der Waals surface area contributed by atoms with Crippen molar-refractivity contribution in [1.82, 2.24) is 15.5 Å². The average Bonchev–Trinajstić information content (AvgIpc) is 2.95. The van der Waals surface area contributed by atoms with E-state index in [1.165, 1.54) is 7.11 Å². The molecule has 2 aromatic rings. The van der Waals surface area contributed by atoms with Gasteiger partial charge in [-0.1, -0.05) is 6.07 Å². The Labute approximate surface area is 135 Å². The van der Waals surface area contributed by atoms with Crippen molar-refractivity contribution >= 4 is 5.95 Å². The van der Waals surface area contributed by atoms with Crippen molar-refractivity contribution in [3.05, 3.63) is 35.5 Å². The molecule has 10 heteroatoms. The molecule has 0 aliphatic heterocycles. The fourth-order valence-electron chi connectivity index (χ4n) is 1.97. The lowest BCUT2D eigenvalue weighted by molar-refractivity contribution is -0.158. The van der Waals surface area contributed by atoms with E-state index in [9.17, 15) is 17.6 Å². The molecule has 2 rings (SSSR count). The summed E-state index contributed by atoms with van der Waals surface area (Å²) in [6, 6.07) is 0.976. The molecule has 0 unspecified atom stereocenters. The largest absolute Gasteiger partial charge is 0.494 e. The highest BCUT2D eigenvalue weighted by molar-refractivity contribution is 5.31. The van der Waals surface area contributed by atoms with Gasteiger partial charge in [-0.25, -0.2) is 4.39 Å². The van der Waals surface area contributed by atoms with Gasteiger partial charge in [-0.05, 0) is 22.9 Å². The zero-order valence-corrected chi connectivity index (χ0v) is 13.2. The Balaban J connectivity index is 2.18. The lowest BCUT2D eigenvalue weighted by Gasteiger charge is -2.21. The van der Waals surface area contributed by atoms with Crippen molar-refractivity contribution in [2.75, 3.05) is 26.1 Å². The number of hydrogen-bond acceptors (Lipinski definition) is 6. The van der Waals surface area contributed by atoms with Crippen LogP contribution in [0, 0.1) is 5.82 Å². The van der Waals surface area contributed by atoms with Crippen LogP contribution in [0.4, 0.5) is 23.5 Å². The van der Waals surface area contributed by atoms with E-state index in [1.54, 1.807) is 19.0 Å². The predicted molar refractivity (Wildman–Crippen MR) is 77.2 cm³/mol. The van der Waals surface area contributed by atoms with Gasteiger partial charge in [0.15, 0.2) is 11.6 Å². The van der Waals surface area contributed by atoms with E-state index in [-0.39, 0.29) is 29.7 Å². The predicted octanol–water partition coefficient (Wildman–Crippen LogP) is 2.68. The molecule has 0 radical (unpaired) electrons. The molecule has 1 heterocycles. The van der Waals surface area contributed by atoms with Crippen LogP contribution in [0.5, 0.6) is 5.75 Å². The van der Waals surface area contributed by atoms with E-state index in [2.05, 4.69) is 15.5 Å². The normalized spacial score (nSPS) is 13.0. The van der Waals surface area contributed by atoms with Crippen LogP contribution in [0.1, 0.15) is 17.5 Å². The van der Waals surface area contributed by atoms with Crippen LogP contribution in [0.3, 0.4) is 0 Å². The monoisotopic (exact) mass is 348 g/mol. The zero-order valence-electron chi connectivity index (χ0n) is 13.2. The third-order valence-electron chi connectivity index (χ3n) is 3.15. The van der Waals surface area contributed by atoms with Crippen molar-refractivity contribution in [2.24, 2.45) is 0 Å². The smallest absolute Gasteiger partial charge is 0.407 e. The number of rotatable bonds is 6. The minimum atomic E-state index is -4.63. The first-order valence-corrected chi connectivity index (χ1v) is 6.86. The van der Waals surface area contributed by atoms with Gasteiger partial charge in [0.2, 0.25) is 5.89 Å². The number of aromatic nitrogens is 2. The van der Waals surface area contributed by atoms with Gasteiger partial charge < -0.3 is 14.2 Å². The first-order valence-electron chi connectivity index (χ1n) is 6.86. The maximum Gasteiger partial charge on any atom is 0.407 e. The third kappa shape index (κ3) is 4.13. The molecule has 0 saturated heterocycles. The van der Waals surface area contributed by atoms with E-state index in [1.807, 2.05) is 0 Å². The second-order valence-corrected chi connectivity index (χ2v) is 5.13. The molecule has 24 heavy (non-hydrogen) atoms. The number of nitrogens with one attached hydrogen (secondary N) is 1. The van der Waals surface area contributed by atoms with Crippen LogP contribution in [-0.2, 0) is 6.54 Å². The van der Waals surface area contributed by atoms with Crippen molar-refractivity contribution in [2.45, 2.75) is 18.8 Å². The third-order valence-corrected chi connectivity index (χ3v) is 3.15. The number of anilines is 1. The molecule has 0 amide bonds. The molecule has 0 bridgehead atoms. The summed E-state index contributed by atoms with van der Waals surface area (Å²) in [5.41, 5.74) is -0.284. The summed E-state index contributed by atoms with van der Waals surface area (Å²) in [6.07, 6.45) is -4.63. The molecule has 0 spiro atoms. The number of alkyl halides is 3. The van der Waals surface area contributed by atoms with E-state index >= 15 is 0 Å². The molecule has 1 aromatic heterocycles. The second-order valence-electron chi connectivity index (χ2n) is 5.13. The van der Waals surface area contributed by atoms with E-state index in [0.717, 1.165) is 18.2 Å². The van der Waals surface area contributed by atoms with Crippen LogP contribution in [-0.4, -0.2) is 37.5 Å². The standard InChI is InChI=1S/C14H16F4N4O2/c1-22(2)13-20-11(24-21-13)7-19-12(14(16,17)18)8-4-5-10(23-3)9(15)6-8/h4-6,12,19H,7H2,1-3H3/t12-/m1/s1. The van der Waals surface area contributed by atoms with Crippen molar-refractivity contribution in [3.63, 3.8) is 0 Å². The van der Waals surface area contributed by atoms with Crippen LogP contribution in [0.25, 0.3) is 0 Å². The molecule has 0 aliphatic carbocycles. The zero-order chi connectivity index (χ0) is 17.9. The first-order chi connectivity index (χ1) is 11.2. The molecule has 1 atom stereocenters. The van der Waals surface area contributed by atoms with E-state index in [4.69, 9.17) is 9.26 Å². The highest BCUT2D eigenvalue weighted by Gasteiger charge is 2.41. The average molecular weight is 348 g/mol. The van der Waals surface area contributed by atoms with Gasteiger partial charge in [-0.2, -0.15) is 18.2 Å². The van der Waals surface area contributed by atoms with Crippen LogP contribution in [0.2, 0.25) is 0 Å². The Kier molecular flexibility index (Phi) is 5.27. The van der Waals surface area contributed by atoms with Gasteiger partial charge in [0.05, 0.1) is 13.7 Å². The summed E-state index contributed by atoms with van der Waals surface area (Å²) in [5.74, 6) is -0.779. The molecule has 6 nitrogen and oxygen atoms in total. The van der Waals surface area contributed by atoms with Gasteiger partial charge in [-0.15, -0.1) is 0 Å². The molecule has 1 N–H and O–H groups in total. The van der Waals surface area contributed by atoms with Gasteiger partial charge in [0.1, 0.15) is 6.04 Å². The summed E-state index contributed by atoms with van der Waals surface area (Å²) in [7, 11) is 4.57. The van der Waals surface area contributed by atoms with E-state index < -0.39 is 18.0 Å². The molecular weight excluding hydrogens is 332 g/mol.